The summed E-state index contributed by atoms with van der Waals surface area (Å²) in [6.45, 7) is 9.74. The first-order valence-corrected chi connectivity index (χ1v) is 7.98. The molecule has 1 aliphatic rings. The van der Waals surface area contributed by atoms with E-state index in [1.165, 1.54) is 6.04 Å². The minimum Gasteiger partial charge on any atom is -0.379 e. The topological polar surface area (TPSA) is 21.8 Å². The summed E-state index contributed by atoms with van der Waals surface area (Å²) < 4.78 is 10.5. The van der Waals surface area contributed by atoms with Gasteiger partial charge in [0.15, 0.2) is 0 Å². The molecule has 0 radical (unpaired) electrons. The van der Waals surface area contributed by atoms with E-state index < -0.39 is 8.07 Å². The molecule has 3 heteroatoms. The second-order valence-electron chi connectivity index (χ2n) is 4.34. The van der Waals surface area contributed by atoms with Crippen LogP contribution in [0.3, 0.4) is 0 Å². The molecule has 1 heterocycles. The van der Waals surface area contributed by atoms with Crippen molar-refractivity contribution >= 4 is 8.07 Å². The molecule has 1 fully saturated rings. The van der Waals surface area contributed by atoms with Gasteiger partial charge in [0.1, 0.15) is 6.10 Å². The molecule has 2 nitrogen and oxygen atoms in total. The van der Waals surface area contributed by atoms with Crippen molar-refractivity contribution < 1.29 is 9.47 Å². The summed E-state index contributed by atoms with van der Waals surface area (Å²) in [4.78, 5) is 0. The van der Waals surface area contributed by atoms with Gasteiger partial charge < -0.3 is 9.47 Å². The van der Waals surface area contributed by atoms with Crippen molar-refractivity contribution in [3.8, 4) is 0 Å². The van der Waals surface area contributed by atoms with Gasteiger partial charge in [-0.2, -0.15) is 0 Å². The largest absolute Gasteiger partial charge is 0.379 e. The molecule has 11 heavy (non-hydrogen) atoms. The molecule has 1 atom stereocenters. The SMILES string of the molecule is C[Si](C)(C)CCOCC1CO1. The summed E-state index contributed by atoms with van der Waals surface area (Å²) in [5.74, 6) is 0. The first kappa shape index (κ1) is 9.23. The van der Waals surface area contributed by atoms with Gasteiger partial charge >= 0.3 is 0 Å². The third-order valence-electron chi connectivity index (χ3n) is 1.70. The summed E-state index contributed by atoms with van der Waals surface area (Å²) in [6.07, 6.45) is 0.427. The molecule has 0 N–H and O–H groups in total. The Morgan fingerprint density at radius 3 is 2.55 bits per heavy atom. The molecule has 1 rings (SSSR count). The van der Waals surface area contributed by atoms with Gasteiger partial charge in [-0.05, 0) is 6.04 Å². The molecule has 1 unspecified atom stereocenters. The Bertz CT molecular complexity index is 116. The third kappa shape index (κ3) is 5.41. The van der Waals surface area contributed by atoms with Gasteiger partial charge in [-0.15, -0.1) is 0 Å². The maximum atomic E-state index is 5.44. The zero-order valence-electron chi connectivity index (χ0n) is 7.72. The van der Waals surface area contributed by atoms with Crippen molar-refractivity contribution in [2.45, 2.75) is 31.8 Å². The Morgan fingerprint density at radius 1 is 1.45 bits per heavy atom. The van der Waals surface area contributed by atoms with Gasteiger partial charge in [-0.1, -0.05) is 19.6 Å². The summed E-state index contributed by atoms with van der Waals surface area (Å²) >= 11 is 0. The molecule has 0 saturated carbocycles. The molecular formula is C8H18O2Si. The lowest BCUT2D eigenvalue weighted by atomic mass is 10.5. The van der Waals surface area contributed by atoms with E-state index in [2.05, 4.69) is 19.6 Å². The molecular weight excluding hydrogens is 156 g/mol. The summed E-state index contributed by atoms with van der Waals surface area (Å²) in [7, 11) is -0.875. The van der Waals surface area contributed by atoms with Gasteiger partial charge in [-0.3, -0.25) is 0 Å². The van der Waals surface area contributed by atoms with Crippen molar-refractivity contribution in [2.24, 2.45) is 0 Å². The number of hydrogen-bond donors (Lipinski definition) is 0. The monoisotopic (exact) mass is 174 g/mol. The predicted octanol–water partition coefficient (Wildman–Crippen LogP) is 1.74. The molecule has 0 aromatic carbocycles. The molecule has 0 aromatic rings. The van der Waals surface area contributed by atoms with Crippen LogP contribution in [0.1, 0.15) is 0 Å². The van der Waals surface area contributed by atoms with E-state index in [1.807, 2.05) is 0 Å². The van der Waals surface area contributed by atoms with E-state index in [4.69, 9.17) is 9.47 Å². The lowest BCUT2D eigenvalue weighted by Gasteiger charge is -2.14. The Hall–Kier alpha value is 0.137. The molecule has 1 saturated heterocycles. The van der Waals surface area contributed by atoms with Crippen molar-refractivity contribution in [1.82, 2.24) is 0 Å². The Morgan fingerprint density at radius 2 is 2.09 bits per heavy atom. The number of rotatable bonds is 5. The second kappa shape index (κ2) is 3.69. The average Bonchev–Trinajstić information content (AvgIpc) is 2.60. The lowest BCUT2D eigenvalue weighted by Crippen LogP contribution is -2.22. The Kier molecular flexibility index (Phi) is 3.10. The quantitative estimate of drug-likeness (QED) is 0.360. The predicted molar refractivity (Wildman–Crippen MR) is 48.7 cm³/mol. The first-order chi connectivity index (χ1) is 5.08. The third-order valence-corrected chi connectivity index (χ3v) is 3.41. The van der Waals surface area contributed by atoms with Crippen molar-refractivity contribution in [3.63, 3.8) is 0 Å². The van der Waals surface area contributed by atoms with Crippen LogP contribution in [0.5, 0.6) is 0 Å². The van der Waals surface area contributed by atoms with Crippen LogP contribution in [0.2, 0.25) is 25.7 Å². The lowest BCUT2D eigenvalue weighted by molar-refractivity contribution is 0.127. The zero-order valence-corrected chi connectivity index (χ0v) is 8.72. The number of ether oxygens (including phenoxy) is 2. The van der Waals surface area contributed by atoms with E-state index in [0.29, 0.717) is 6.10 Å². The fourth-order valence-corrected chi connectivity index (χ4v) is 1.51. The molecule has 0 bridgehead atoms. The van der Waals surface area contributed by atoms with Crippen LogP contribution in [-0.4, -0.2) is 34.0 Å². The molecule has 0 spiro atoms. The zero-order chi connectivity index (χ0) is 8.32. The van der Waals surface area contributed by atoms with Crippen LogP contribution in [-0.2, 0) is 9.47 Å². The fraction of sp³-hybridized carbons (Fsp3) is 1.00. The van der Waals surface area contributed by atoms with Crippen LogP contribution < -0.4 is 0 Å². The van der Waals surface area contributed by atoms with Gasteiger partial charge in [0.2, 0.25) is 0 Å². The summed E-state index contributed by atoms with van der Waals surface area (Å²) in [6, 6.07) is 1.26. The first-order valence-electron chi connectivity index (χ1n) is 4.27. The van der Waals surface area contributed by atoms with Gasteiger partial charge in [0.05, 0.1) is 13.2 Å². The van der Waals surface area contributed by atoms with Crippen molar-refractivity contribution in [1.29, 1.82) is 0 Å². The summed E-state index contributed by atoms with van der Waals surface area (Å²) in [5, 5.41) is 0. The van der Waals surface area contributed by atoms with Crippen LogP contribution in [0.15, 0.2) is 0 Å². The van der Waals surface area contributed by atoms with Gasteiger partial charge in [0, 0.05) is 14.7 Å². The Labute approximate surface area is 69.9 Å². The molecule has 1 aliphatic heterocycles. The van der Waals surface area contributed by atoms with Crippen molar-refractivity contribution in [3.05, 3.63) is 0 Å². The number of epoxide rings is 1. The fourth-order valence-electron chi connectivity index (χ4n) is 0.757. The Balaban J connectivity index is 1.87. The smallest absolute Gasteiger partial charge is 0.104 e. The highest BCUT2D eigenvalue weighted by Crippen LogP contribution is 2.11. The van der Waals surface area contributed by atoms with E-state index in [0.717, 1.165) is 19.8 Å². The minimum atomic E-state index is -0.875. The standard InChI is InChI=1S/C8H18O2Si/c1-11(2,3)5-4-9-6-8-7-10-8/h8H,4-7H2,1-3H3. The highest BCUT2D eigenvalue weighted by Gasteiger charge is 2.22. The van der Waals surface area contributed by atoms with Crippen molar-refractivity contribution in [2.75, 3.05) is 19.8 Å². The normalized spacial score (nSPS) is 23.7. The van der Waals surface area contributed by atoms with Crippen LogP contribution in [0.25, 0.3) is 0 Å². The molecule has 0 aliphatic carbocycles. The number of hydrogen-bond acceptors (Lipinski definition) is 2. The molecule has 66 valence electrons. The van der Waals surface area contributed by atoms with Gasteiger partial charge in [0.25, 0.3) is 0 Å². The maximum Gasteiger partial charge on any atom is 0.104 e. The minimum absolute atomic E-state index is 0.427. The highest BCUT2D eigenvalue weighted by atomic mass is 28.3. The second-order valence-corrected chi connectivity index (χ2v) is 9.96. The van der Waals surface area contributed by atoms with Crippen LogP contribution in [0, 0.1) is 0 Å². The van der Waals surface area contributed by atoms with Gasteiger partial charge in [-0.25, -0.2) is 0 Å². The highest BCUT2D eigenvalue weighted by molar-refractivity contribution is 6.76. The van der Waals surface area contributed by atoms with E-state index in [-0.39, 0.29) is 0 Å². The van der Waals surface area contributed by atoms with E-state index >= 15 is 0 Å². The van der Waals surface area contributed by atoms with E-state index in [1.54, 1.807) is 0 Å². The average molecular weight is 174 g/mol. The van der Waals surface area contributed by atoms with E-state index in [9.17, 15) is 0 Å². The van der Waals surface area contributed by atoms with Crippen LogP contribution in [0.4, 0.5) is 0 Å². The summed E-state index contributed by atoms with van der Waals surface area (Å²) in [5.41, 5.74) is 0. The molecule has 0 aromatic heterocycles. The van der Waals surface area contributed by atoms with Crippen LogP contribution >= 0.6 is 0 Å². The maximum absolute atomic E-state index is 5.44. The molecule has 0 amide bonds.